The van der Waals surface area contributed by atoms with Gasteiger partial charge in [-0.05, 0) is 19.9 Å². The zero-order valence-corrected chi connectivity index (χ0v) is 11.5. The van der Waals surface area contributed by atoms with E-state index in [2.05, 4.69) is 20.7 Å². The van der Waals surface area contributed by atoms with Gasteiger partial charge in [-0.3, -0.25) is 14.2 Å². The van der Waals surface area contributed by atoms with E-state index in [0.29, 0.717) is 25.2 Å². The van der Waals surface area contributed by atoms with Crippen LogP contribution >= 0.6 is 0 Å². The van der Waals surface area contributed by atoms with E-state index in [4.69, 9.17) is 5.73 Å². The zero-order valence-electron chi connectivity index (χ0n) is 11.5. The monoisotopic (exact) mass is 277 g/mol. The van der Waals surface area contributed by atoms with Crippen LogP contribution in [0.15, 0.2) is 18.6 Å². The number of hydrogen-bond acceptors (Lipinski definition) is 5. The molecular weight excluding hydrogens is 258 g/mol. The number of amides is 1. The fraction of sp³-hybridized carbons (Fsp3) is 0.500. The van der Waals surface area contributed by atoms with Crippen molar-refractivity contribution in [2.75, 3.05) is 13.1 Å². The van der Waals surface area contributed by atoms with Gasteiger partial charge in [0.25, 0.3) is 5.91 Å². The summed E-state index contributed by atoms with van der Waals surface area (Å²) >= 11 is 0. The Morgan fingerprint density at radius 2 is 2.30 bits per heavy atom. The second-order valence-electron chi connectivity index (χ2n) is 4.43. The molecule has 2 aromatic heterocycles. The van der Waals surface area contributed by atoms with Crippen molar-refractivity contribution in [3.8, 4) is 0 Å². The van der Waals surface area contributed by atoms with Crippen LogP contribution in [0, 0.1) is 6.92 Å². The summed E-state index contributed by atoms with van der Waals surface area (Å²) in [4.78, 5) is 12.0. The van der Waals surface area contributed by atoms with Gasteiger partial charge in [0.1, 0.15) is 0 Å². The van der Waals surface area contributed by atoms with Gasteiger partial charge in [-0.15, -0.1) is 5.10 Å². The summed E-state index contributed by atoms with van der Waals surface area (Å²) in [5, 5.41) is 14.6. The summed E-state index contributed by atoms with van der Waals surface area (Å²) in [6, 6.07) is 0. The second kappa shape index (κ2) is 6.80. The van der Waals surface area contributed by atoms with Gasteiger partial charge < -0.3 is 11.1 Å². The number of carbonyl (C=O) groups is 1. The molecule has 0 fully saturated rings. The zero-order chi connectivity index (χ0) is 14.4. The first-order valence-corrected chi connectivity index (χ1v) is 6.57. The Kier molecular flexibility index (Phi) is 4.83. The smallest absolute Gasteiger partial charge is 0.254 e. The van der Waals surface area contributed by atoms with Gasteiger partial charge in [-0.25, -0.2) is 0 Å². The second-order valence-corrected chi connectivity index (χ2v) is 4.43. The van der Waals surface area contributed by atoms with E-state index in [1.165, 1.54) is 0 Å². The van der Waals surface area contributed by atoms with Crippen LogP contribution in [-0.4, -0.2) is 43.8 Å². The van der Waals surface area contributed by atoms with E-state index >= 15 is 0 Å². The molecule has 20 heavy (non-hydrogen) atoms. The van der Waals surface area contributed by atoms with Crippen molar-refractivity contribution in [3.05, 3.63) is 29.8 Å². The van der Waals surface area contributed by atoms with Crippen LogP contribution in [-0.2, 0) is 13.1 Å². The average molecular weight is 277 g/mol. The van der Waals surface area contributed by atoms with Crippen LogP contribution in [0.1, 0.15) is 22.5 Å². The Balaban J connectivity index is 1.87. The Hall–Kier alpha value is -2.22. The van der Waals surface area contributed by atoms with Crippen molar-refractivity contribution >= 4 is 5.91 Å². The molecule has 2 heterocycles. The maximum atomic E-state index is 12.0. The Bertz CT molecular complexity index is 546. The standard InChI is InChI=1S/C12H19N7O/c1-10-11(9-16-19(10)6-2-3-13)12(20)14-4-7-18-8-5-15-17-18/h5,8-9H,2-4,6-7,13H2,1H3,(H,14,20). The number of carbonyl (C=O) groups excluding carboxylic acids is 1. The third-order valence-electron chi connectivity index (χ3n) is 3.02. The van der Waals surface area contributed by atoms with Crippen molar-refractivity contribution in [1.29, 1.82) is 0 Å². The molecule has 0 saturated carbocycles. The molecule has 0 radical (unpaired) electrons. The molecule has 0 saturated heterocycles. The molecule has 8 heteroatoms. The van der Waals surface area contributed by atoms with Crippen LogP contribution in [0.3, 0.4) is 0 Å². The van der Waals surface area contributed by atoms with Gasteiger partial charge in [-0.1, -0.05) is 5.21 Å². The fourth-order valence-corrected chi connectivity index (χ4v) is 1.87. The number of nitrogens with one attached hydrogen (secondary N) is 1. The fourth-order valence-electron chi connectivity index (χ4n) is 1.87. The highest BCUT2D eigenvalue weighted by Crippen LogP contribution is 2.07. The number of nitrogens with two attached hydrogens (primary N) is 1. The van der Waals surface area contributed by atoms with Crippen molar-refractivity contribution in [2.45, 2.75) is 26.4 Å². The van der Waals surface area contributed by atoms with Gasteiger partial charge in [0.2, 0.25) is 0 Å². The van der Waals surface area contributed by atoms with Crippen molar-refractivity contribution < 1.29 is 4.79 Å². The minimum atomic E-state index is -0.124. The quantitative estimate of drug-likeness (QED) is 0.714. The number of aryl methyl sites for hydroxylation is 1. The highest BCUT2D eigenvalue weighted by atomic mass is 16.1. The van der Waals surface area contributed by atoms with Gasteiger partial charge in [0.05, 0.1) is 24.5 Å². The molecule has 108 valence electrons. The summed E-state index contributed by atoms with van der Waals surface area (Å²) in [5.41, 5.74) is 6.93. The predicted molar refractivity (Wildman–Crippen MR) is 73.0 cm³/mol. The van der Waals surface area contributed by atoms with E-state index < -0.39 is 0 Å². The van der Waals surface area contributed by atoms with E-state index in [1.54, 1.807) is 28.0 Å². The third kappa shape index (κ3) is 3.41. The maximum Gasteiger partial charge on any atom is 0.254 e. The van der Waals surface area contributed by atoms with E-state index in [-0.39, 0.29) is 5.91 Å². The van der Waals surface area contributed by atoms with E-state index in [1.807, 2.05) is 6.92 Å². The molecule has 0 unspecified atom stereocenters. The van der Waals surface area contributed by atoms with Gasteiger partial charge in [-0.2, -0.15) is 5.10 Å². The topological polar surface area (TPSA) is 104 Å². The average Bonchev–Trinajstić information content (AvgIpc) is 3.06. The molecule has 0 aliphatic carbocycles. The molecule has 0 bridgehead atoms. The lowest BCUT2D eigenvalue weighted by molar-refractivity contribution is 0.0951. The minimum Gasteiger partial charge on any atom is -0.350 e. The number of aromatic nitrogens is 5. The summed E-state index contributed by atoms with van der Waals surface area (Å²) in [7, 11) is 0. The van der Waals surface area contributed by atoms with Crippen molar-refractivity contribution in [1.82, 2.24) is 30.1 Å². The minimum absolute atomic E-state index is 0.124. The summed E-state index contributed by atoms with van der Waals surface area (Å²) in [6.45, 7) is 4.31. The molecule has 8 nitrogen and oxygen atoms in total. The lowest BCUT2D eigenvalue weighted by Gasteiger charge is -2.06. The Morgan fingerprint density at radius 3 is 3.00 bits per heavy atom. The number of nitrogens with zero attached hydrogens (tertiary/aromatic N) is 5. The molecule has 2 aromatic rings. The molecule has 0 aromatic carbocycles. The van der Waals surface area contributed by atoms with Crippen LogP contribution in [0.4, 0.5) is 0 Å². The molecule has 0 atom stereocenters. The highest BCUT2D eigenvalue weighted by molar-refractivity contribution is 5.94. The summed E-state index contributed by atoms with van der Waals surface area (Å²) in [5.74, 6) is -0.124. The van der Waals surface area contributed by atoms with E-state index in [9.17, 15) is 4.79 Å². The predicted octanol–water partition coefficient (Wildman–Crippen LogP) is -0.438. The molecule has 0 spiro atoms. The van der Waals surface area contributed by atoms with Crippen LogP contribution < -0.4 is 11.1 Å². The SMILES string of the molecule is Cc1c(C(=O)NCCn2ccnn2)cnn1CCCN. The molecule has 1 amide bonds. The first kappa shape index (κ1) is 14.2. The maximum absolute atomic E-state index is 12.0. The largest absolute Gasteiger partial charge is 0.350 e. The normalized spacial score (nSPS) is 10.7. The lowest BCUT2D eigenvalue weighted by Crippen LogP contribution is -2.27. The number of rotatable bonds is 7. The number of hydrogen-bond donors (Lipinski definition) is 2. The first-order chi connectivity index (χ1) is 9.72. The molecular formula is C12H19N7O. The van der Waals surface area contributed by atoms with Crippen molar-refractivity contribution in [3.63, 3.8) is 0 Å². The molecule has 3 N–H and O–H groups in total. The molecule has 0 aliphatic rings. The van der Waals surface area contributed by atoms with Crippen LogP contribution in [0.25, 0.3) is 0 Å². The lowest BCUT2D eigenvalue weighted by atomic mass is 10.2. The molecule has 0 aliphatic heterocycles. The Morgan fingerprint density at radius 1 is 1.45 bits per heavy atom. The third-order valence-corrected chi connectivity index (χ3v) is 3.02. The van der Waals surface area contributed by atoms with Gasteiger partial charge in [0.15, 0.2) is 0 Å². The first-order valence-electron chi connectivity index (χ1n) is 6.57. The Labute approximate surface area is 116 Å². The van der Waals surface area contributed by atoms with Crippen molar-refractivity contribution in [2.24, 2.45) is 5.73 Å². The van der Waals surface area contributed by atoms with E-state index in [0.717, 1.165) is 18.7 Å². The molecule has 2 rings (SSSR count). The summed E-state index contributed by atoms with van der Waals surface area (Å²) in [6.07, 6.45) is 5.79. The van der Waals surface area contributed by atoms with Gasteiger partial charge >= 0.3 is 0 Å². The van der Waals surface area contributed by atoms with Gasteiger partial charge in [0, 0.05) is 25.0 Å². The highest BCUT2D eigenvalue weighted by Gasteiger charge is 2.13. The van der Waals surface area contributed by atoms with Crippen LogP contribution in [0.5, 0.6) is 0 Å². The van der Waals surface area contributed by atoms with Crippen LogP contribution in [0.2, 0.25) is 0 Å². The summed E-state index contributed by atoms with van der Waals surface area (Å²) < 4.78 is 3.47.